The highest BCUT2D eigenvalue weighted by molar-refractivity contribution is 7.12. The van der Waals surface area contributed by atoms with Gasteiger partial charge in [-0.1, -0.05) is 44.2 Å². The van der Waals surface area contributed by atoms with Crippen molar-refractivity contribution in [3.63, 3.8) is 0 Å². The van der Waals surface area contributed by atoms with Crippen LogP contribution in [0.4, 0.5) is 0 Å². The molecule has 1 aromatic heterocycles. The Morgan fingerprint density at radius 2 is 1.81 bits per heavy atom. The van der Waals surface area contributed by atoms with Gasteiger partial charge in [-0.15, -0.1) is 11.3 Å². The molecule has 0 aliphatic rings. The van der Waals surface area contributed by atoms with Gasteiger partial charge in [0, 0.05) is 22.3 Å². The van der Waals surface area contributed by atoms with Gasteiger partial charge in [0.1, 0.15) is 0 Å². The summed E-state index contributed by atoms with van der Waals surface area (Å²) < 4.78 is 0. The minimum absolute atomic E-state index is 0.173. The number of hydrogen-bond donors (Lipinski definition) is 1. The number of nitrogens with two attached hydrogens (primary N) is 1. The molecule has 2 aromatic rings. The Bertz CT molecular complexity index is 535. The zero-order valence-electron chi connectivity index (χ0n) is 13.3. The molecule has 0 radical (unpaired) electrons. The third-order valence-corrected chi connectivity index (χ3v) is 5.03. The van der Waals surface area contributed by atoms with Crippen molar-refractivity contribution in [2.24, 2.45) is 5.73 Å². The summed E-state index contributed by atoms with van der Waals surface area (Å²) >= 11 is 1.87. The molecule has 0 bridgehead atoms. The number of rotatable bonds is 7. The molecule has 0 aliphatic heterocycles. The van der Waals surface area contributed by atoms with Crippen molar-refractivity contribution >= 4 is 11.3 Å². The van der Waals surface area contributed by atoms with Crippen LogP contribution >= 0.6 is 11.3 Å². The van der Waals surface area contributed by atoms with E-state index in [2.05, 4.69) is 68.1 Å². The summed E-state index contributed by atoms with van der Waals surface area (Å²) in [4.78, 5) is 5.24. The number of aryl methyl sites for hydroxylation is 1. The second-order valence-corrected chi connectivity index (χ2v) is 6.83. The Balaban J connectivity index is 2.25. The summed E-state index contributed by atoms with van der Waals surface area (Å²) in [6, 6.07) is 15.6. The standard InChI is InChI=1S/C18H26N2S/c1-4-16(19)18(17-12-11-14(3)21-17)20(5-2)13-15-9-7-6-8-10-15/h6-12,16,18H,4-5,13,19H2,1-3H3. The zero-order valence-corrected chi connectivity index (χ0v) is 14.1. The van der Waals surface area contributed by atoms with Gasteiger partial charge >= 0.3 is 0 Å². The van der Waals surface area contributed by atoms with E-state index in [9.17, 15) is 0 Å². The molecule has 114 valence electrons. The monoisotopic (exact) mass is 302 g/mol. The quantitative estimate of drug-likeness (QED) is 0.823. The van der Waals surface area contributed by atoms with E-state index < -0.39 is 0 Å². The highest BCUT2D eigenvalue weighted by Crippen LogP contribution is 2.31. The minimum atomic E-state index is 0.173. The molecule has 0 amide bonds. The molecule has 0 saturated heterocycles. The van der Waals surface area contributed by atoms with Crippen LogP contribution in [0.3, 0.4) is 0 Å². The molecule has 3 heteroatoms. The summed E-state index contributed by atoms with van der Waals surface area (Å²) in [7, 11) is 0. The van der Waals surface area contributed by atoms with Gasteiger partial charge in [0.25, 0.3) is 0 Å². The van der Waals surface area contributed by atoms with E-state index in [1.54, 1.807) is 0 Å². The summed E-state index contributed by atoms with van der Waals surface area (Å²) in [6.07, 6.45) is 0.993. The molecule has 2 N–H and O–H groups in total. The normalized spacial score (nSPS) is 14.3. The van der Waals surface area contributed by atoms with Gasteiger partial charge in [0.2, 0.25) is 0 Å². The van der Waals surface area contributed by atoms with Crippen LogP contribution in [0, 0.1) is 6.92 Å². The van der Waals surface area contributed by atoms with Crippen molar-refractivity contribution < 1.29 is 0 Å². The van der Waals surface area contributed by atoms with Crippen molar-refractivity contribution in [2.45, 2.75) is 45.8 Å². The van der Waals surface area contributed by atoms with E-state index >= 15 is 0 Å². The highest BCUT2D eigenvalue weighted by atomic mass is 32.1. The van der Waals surface area contributed by atoms with Gasteiger partial charge < -0.3 is 5.73 Å². The van der Waals surface area contributed by atoms with Crippen molar-refractivity contribution in [2.75, 3.05) is 6.54 Å². The smallest absolute Gasteiger partial charge is 0.0596 e. The van der Waals surface area contributed by atoms with E-state index in [0.717, 1.165) is 19.5 Å². The maximum Gasteiger partial charge on any atom is 0.0596 e. The van der Waals surface area contributed by atoms with E-state index in [0.29, 0.717) is 6.04 Å². The number of likely N-dealkylation sites (N-methyl/N-ethyl adjacent to an activating group) is 1. The predicted octanol–water partition coefficient (Wildman–Crippen LogP) is 4.36. The van der Waals surface area contributed by atoms with Gasteiger partial charge in [0.15, 0.2) is 0 Å². The third-order valence-electron chi connectivity index (χ3n) is 3.96. The number of thiophene rings is 1. The first kappa shape index (κ1) is 16.2. The van der Waals surface area contributed by atoms with Crippen LogP contribution in [0.15, 0.2) is 42.5 Å². The Morgan fingerprint density at radius 3 is 2.33 bits per heavy atom. The fourth-order valence-corrected chi connectivity index (χ4v) is 3.81. The number of nitrogens with zero attached hydrogens (tertiary/aromatic N) is 1. The van der Waals surface area contributed by atoms with Crippen LogP contribution in [0.2, 0.25) is 0 Å². The summed E-state index contributed by atoms with van der Waals surface area (Å²) in [5.74, 6) is 0. The molecule has 0 saturated carbocycles. The van der Waals surface area contributed by atoms with Gasteiger partial charge in [-0.2, -0.15) is 0 Å². The minimum Gasteiger partial charge on any atom is -0.326 e. The molecule has 0 aliphatic carbocycles. The average Bonchev–Trinajstić information content (AvgIpc) is 2.93. The molecule has 1 aromatic carbocycles. The zero-order chi connectivity index (χ0) is 15.2. The van der Waals surface area contributed by atoms with Crippen molar-refractivity contribution in [3.05, 3.63) is 57.8 Å². The lowest BCUT2D eigenvalue weighted by molar-refractivity contribution is 0.172. The highest BCUT2D eigenvalue weighted by Gasteiger charge is 2.26. The first-order chi connectivity index (χ1) is 10.2. The fourth-order valence-electron chi connectivity index (χ4n) is 2.72. The van der Waals surface area contributed by atoms with Crippen LogP contribution in [0.25, 0.3) is 0 Å². The number of hydrogen-bond acceptors (Lipinski definition) is 3. The lowest BCUT2D eigenvalue weighted by atomic mass is 10.0. The first-order valence-electron chi connectivity index (χ1n) is 7.75. The largest absolute Gasteiger partial charge is 0.326 e. The molecule has 2 unspecified atom stereocenters. The molecule has 2 rings (SSSR count). The molecule has 2 atom stereocenters. The topological polar surface area (TPSA) is 29.3 Å². The second kappa shape index (κ2) is 7.74. The van der Waals surface area contributed by atoms with Gasteiger partial charge in [0.05, 0.1) is 6.04 Å². The molecule has 0 spiro atoms. The molecule has 21 heavy (non-hydrogen) atoms. The average molecular weight is 302 g/mol. The van der Waals surface area contributed by atoms with E-state index in [1.807, 2.05) is 11.3 Å². The molecule has 0 fully saturated rings. The van der Waals surface area contributed by atoms with E-state index in [1.165, 1.54) is 15.3 Å². The lowest BCUT2D eigenvalue weighted by Crippen LogP contribution is -2.40. The number of benzene rings is 1. The first-order valence-corrected chi connectivity index (χ1v) is 8.57. The molecule has 2 nitrogen and oxygen atoms in total. The molecule has 1 heterocycles. The van der Waals surface area contributed by atoms with E-state index in [4.69, 9.17) is 5.73 Å². The Hall–Kier alpha value is -1.16. The maximum atomic E-state index is 6.45. The van der Waals surface area contributed by atoms with Crippen LogP contribution in [-0.4, -0.2) is 17.5 Å². The summed E-state index contributed by atoms with van der Waals surface area (Å²) in [5.41, 5.74) is 7.80. The summed E-state index contributed by atoms with van der Waals surface area (Å²) in [5, 5.41) is 0. The van der Waals surface area contributed by atoms with Crippen LogP contribution < -0.4 is 5.73 Å². The maximum absolute atomic E-state index is 6.45. The van der Waals surface area contributed by atoms with Crippen molar-refractivity contribution in [1.29, 1.82) is 0 Å². The van der Waals surface area contributed by atoms with Crippen molar-refractivity contribution in [1.82, 2.24) is 4.90 Å². The molecular formula is C18H26N2S. The predicted molar refractivity (Wildman–Crippen MR) is 92.6 cm³/mol. The van der Waals surface area contributed by atoms with Crippen LogP contribution in [0.1, 0.15) is 41.6 Å². The van der Waals surface area contributed by atoms with Gasteiger partial charge in [-0.05, 0) is 37.6 Å². The molecular weight excluding hydrogens is 276 g/mol. The van der Waals surface area contributed by atoms with Crippen LogP contribution in [-0.2, 0) is 6.54 Å². The van der Waals surface area contributed by atoms with Crippen molar-refractivity contribution in [3.8, 4) is 0 Å². The summed E-state index contributed by atoms with van der Waals surface area (Å²) in [6.45, 7) is 8.51. The Kier molecular flexibility index (Phi) is 5.97. The lowest BCUT2D eigenvalue weighted by Gasteiger charge is -2.34. The Morgan fingerprint density at radius 1 is 1.10 bits per heavy atom. The van der Waals surface area contributed by atoms with Gasteiger partial charge in [-0.25, -0.2) is 0 Å². The van der Waals surface area contributed by atoms with Gasteiger partial charge in [-0.3, -0.25) is 4.90 Å². The SMILES string of the molecule is CCC(N)C(c1ccc(C)s1)N(CC)Cc1ccccc1. The van der Waals surface area contributed by atoms with E-state index in [-0.39, 0.29) is 6.04 Å². The fraction of sp³-hybridized carbons (Fsp3) is 0.444. The third kappa shape index (κ3) is 4.16. The second-order valence-electron chi connectivity index (χ2n) is 5.51. The van der Waals surface area contributed by atoms with Crippen LogP contribution in [0.5, 0.6) is 0 Å². The Labute approximate surface area is 132 Å².